The molecule has 3 aromatic rings. The number of methoxy groups -OCH3 is 1. The third kappa shape index (κ3) is 4.71. The fourth-order valence-electron chi connectivity index (χ4n) is 2.06. The minimum absolute atomic E-state index is 0.00567. The van der Waals surface area contributed by atoms with Gasteiger partial charge in [0, 0.05) is 10.7 Å². The number of halogens is 2. The molecule has 0 bridgehead atoms. The standard InChI is InChI=1S/C16H12Cl2N4O4S2/c1-26-11-5-3-10(4-6-11)22-28(24,25)16-21-20-15(27-16)19-14(23)12-7-2-9(17)8-13(12)18/h2-8,22H,1H3,(H,19,20,23). The van der Waals surface area contributed by atoms with E-state index in [1.165, 1.54) is 25.3 Å². The first-order valence-corrected chi connectivity index (χ1v) is 10.6. The molecule has 0 fully saturated rings. The number of aromatic nitrogens is 2. The Morgan fingerprint density at radius 3 is 2.46 bits per heavy atom. The number of benzene rings is 2. The van der Waals surface area contributed by atoms with Crippen molar-refractivity contribution in [1.82, 2.24) is 10.2 Å². The molecule has 1 aromatic heterocycles. The summed E-state index contributed by atoms with van der Waals surface area (Å²) >= 11 is 12.5. The van der Waals surface area contributed by atoms with Crippen molar-refractivity contribution in [2.24, 2.45) is 0 Å². The molecule has 0 aliphatic heterocycles. The minimum Gasteiger partial charge on any atom is -0.497 e. The van der Waals surface area contributed by atoms with Gasteiger partial charge in [0.1, 0.15) is 5.75 Å². The molecule has 0 saturated carbocycles. The zero-order valence-electron chi connectivity index (χ0n) is 14.1. The summed E-state index contributed by atoms with van der Waals surface area (Å²) in [4.78, 5) is 12.3. The van der Waals surface area contributed by atoms with Gasteiger partial charge < -0.3 is 4.74 Å². The van der Waals surface area contributed by atoms with E-state index >= 15 is 0 Å². The largest absolute Gasteiger partial charge is 0.497 e. The molecule has 146 valence electrons. The Kier molecular flexibility index (Phi) is 6.04. The van der Waals surface area contributed by atoms with Gasteiger partial charge >= 0.3 is 0 Å². The average Bonchev–Trinajstić information content (AvgIpc) is 3.11. The summed E-state index contributed by atoms with van der Waals surface area (Å²) < 4.78 is 32.0. The normalized spacial score (nSPS) is 11.1. The Bertz CT molecular complexity index is 1120. The lowest BCUT2D eigenvalue weighted by Gasteiger charge is -2.06. The number of rotatable bonds is 6. The molecule has 0 spiro atoms. The fraction of sp³-hybridized carbons (Fsp3) is 0.0625. The van der Waals surface area contributed by atoms with Crippen molar-refractivity contribution >= 4 is 61.3 Å². The van der Waals surface area contributed by atoms with E-state index in [0.29, 0.717) is 27.8 Å². The highest BCUT2D eigenvalue weighted by atomic mass is 35.5. The van der Waals surface area contributed by atoms with Crippen LogP contribution in [-0.2, 0) is 10.0 Å². The van der Waals surface area contributed by atoms with E-state index in [-0.39, 0.29) is 20.1 Å². The zero-order chi connectivity index (χ0) is 20.3. The van der Waals surface area contributed by atoms with E-state index < -0.39 is 15.9 Å². The van der Waals surface area contributed by atoms with Crippen molar-refractivity contribution in [2.45, 2.75) is 4.34 Å². The summed E-state index contributed by atoms with van der Waals surface area (Å²) in [7, 11) is -2.46. The second-order valence-corrected chi connectivity index (χ2v) is 8.96. The highest BCUT2D eigenvalue weighted by molar-refractivity contribution is 7.94. The maximum absolute atomic E-state index is 12.4. The Morgan fingerprint density at radius 2 is 1.82 bits per heavy atom. The molecule has 8 nitrogen and oxygen atoms in total. The van der Waals surface area contributed by atoms with Crippen molar-refractivity contribution < 1.29 is 17.9 Å². The molecule has 0 atom stereocenters. The smallest absolute Gasteiger partial charge is 0.291 e. The molecule has 3 rings (SSSR count). The number of hydrogen-bond acceptors (Lipinski definition) is 7. The van der Waals surface area contributed by atoms with Crippen LogP contribution in [0.25, 0.3) is 0 Å². The van der Waals surface area contributed by atoms with E-state index in [1.54, 1.807) is 24.3 Å². The predicted molar refractivity (Wildman–Crippen MR) is 108 cm³/mol. The summed E-state index contributed by atoms with van der Waals surface area (Å²) in [6.07, 6.45) is 0. The number of ether oxygens (including phenoxy) is 1. The number of nitrogens with one attached hydrogen (secondary N) is 2. The van der Waals surface area contributed by atoms with Crippen molar-refractivity contribution in [1.29, 1.82) is 0 Å². The van der Waals surface area contributed by atoms with Gasteiger partial charge in [0.05, 0.1) is 17.7 Å². The SMILES string of the molecule is COc1ccc(NS(=O)(=O)c2nnc(NC(=O)c3ccc(Cl)cc3Cl)s2)cc1. The number of sulfonamides is 1. The molecule has 12 heteroatoms. The van der Waals surface area contributed by atoms with Gasteiger partial charge in [0.25, 0.3) is 20.3 Å². The highest BCUT2D eigenvalue weighted by Gasteiger charge is 2.22. The lowest BCUT2D eigenvalue weighted by atomic mass is 10.2. The molecule has 28 heavy (non-hydrogen) atoms. The van der Waals surface area contributed by atoms with E-state index in [1.807, 2.05) is 0 Å². The second-order valence-electron chi connectivity index (χ2n) is 5.29. The average molecular weight is 459 g/mol. The summed E-state index contributed by atoms with van der Waals surface area (Å²) in [5.41, 5.74) is 0.497. The van der Waals surface area contributed by atoms with Crippen LogP contribution in [0.4, 0.5) is 10.8 Å². The molecule has 0 aliphatic carbocycles. The Balaban J connectivity index is 1.74. The molecular formula is C16H12Cl2N4O4S2. The molecule has 0 unspecified atom stereocenters. The van der Waals surface area contributed by atoms with Gasteiger partial charge in [-0.2, -0.15) is 8.42 Å². The van der Waals surface area contributed by atoms with Crippen LogP contribution in [0.1, 0.15) is 10.4 Å². The number of amides is 1. The van der Waals surface area contributed by atoms with Gasteiger partial charge in [-0.15, -0.1) is 10.2 Å². The fourth-order valence-corrected chi connectivity index (χ4v) is 4.51. The number of carbonyl (C=O) groups is 1. The molecule has 0 radical (unpaired) electrons. The predicted octanol–water partition coefficient (Wildman–Crippen LogP) is 3.91. The topological polar surface area (TPSA) is 110 Å². The Morgan fingerprint density at radius 1 is 1.11 bits per heavy atom. The number of carbonyl (C=O) groups excluding carboxylic acids is 1. The van der Waals surface area contributed by atoms with Crippen molar-refractivity contribution in [3.8, 4) is 5.75 Å². The van der Waals surface area contributed by atoms with Gasteiger partial charge in [-0.3, -0.25) is 14.8 Å². The van der Waals surface area contributed by atoms with Gasteiger partial charge in [-0.1, -0.05) is 34.5 Å². The minimum atomic E-state index is -3.97. The van der Waals surface area contributed by atoms with Gasteiger partial charge in [-0.25, -0.2) is 0 Å². The van der Waals surface area contributed by atoms with Gasteiger partial charge in [0.2, 0.25) is 5.13 Å². The van der Waals surface area contributed by atoms with E-state index in [4.69, 9.17) is 27.9 Å². The Labute approximate surface area is 174 Å². The summed E-state index contributed by atoms with van der Waals surface area (Å²) in [5.74, 6) is 0.0228. The summed E-state index contributed by atoms with van der Waals surface area (Å²) in [6.45, 7) is 0. The van der Waals surface area contributed by atoms with E-state index in [2.05, 4.69) is 20.2 Å². The maximum Gasteiger partial charge on any atom is 0.291 e. The first-order chi connectivity index (χ1) is 13.3. The number of anilines is 2. The Hall–Kier alpha value is -2.40. The van der Waals surface area contributed by atoms with Crippen LogP contribution in [0.2, 0.25) is 10.0 Å². The van der Waals surface area contributed by atoms with Crippen molar-refractivity contribution in [3.05, 3.63) is 58.1 Å². The van der Waals surface area contributed by atoms with Crippen LogP contribution in [0, 0.1) is 0 Å². The lowest BCUT2D eigenvalue weighted by molar-refractivity contribution is 0.102. The molecular weight excluding hydrogens is 447 g/mol. The van der Waals surface area contributed by atoms with Crippen LogP contribution in [0.5, 0.6) is 5.75 Å². The van der Waals surface area contributed by atoms with Gasteiger partial charge in [-0.05, 0) is 42.5 Å². The molecule has 2 N–H and O–H groups in total. The monoisotopic (exact) mass is 458 g/mol. The van der Waals surface area contributed by atoms with Crippen LogP contribution < -0.4 is 14.8 Å². The number of hydrogen-bond donors (Lipinski definition) is 2. The van der Waals surface area contributed by atoms with Crippen molar-refractivity contribution in [3.63, 3.8) is 0 Å². The van der Waals surface area contributed by atoms with Crippen molar-refractivity contribution in [2.75, 3.05) is 17.1 Å². The van der Waals surface area contributed by atoms with Gasteiger partial charge in [0.15, 0.2) is 0 Å². The first kappa shape index (κ1) is 20.3. The molecule has 0 aliphatic rings. The molecule has 0 saturated heterocycles. The second kappa shape index (κ2) is 8.31. The summed E-state index contributed by atoms with van der Waals surface area (Å²) in [5, 5.41) is 10.3. The molecule has 1 amide bonds. The van der Waals surface area contributed by atoms with E-state index in [9.17, 15) is 13.2 Å². The molecule has 2 aromatic carbocycles. The van der Waals surface area contributed by atoms with Crippen LogP contribution in [0.3, 0.4) is 0 Å². The van der Waals surface area contributed by atoms with Crippen LogP contribution in [0.15, 0.2) is 46.8 Å². The number of nitrogens with zero attached hydrogens (tertiary/aromatic N) is 2. The van der Waals surface area contributed by atoms with E-state index in [0.717, 1.165) is 0 Å². The van der Waals surface area contributed by atoms with Crippen LogP contribution >= 0.6 is 34.5 Å². The zero-order valence-corrected chi connectivity index (χ0v) is 17.3. The third-order valence-electron chi connectivity index (χ3n) is 3.37. The highest BCUT2D eigenvalue weighted by Crippen LogP contribution is 2.26. The third-order valence-corrected chi connectivity index (χ3v) is 6.51. The van der Waals surface area contributed by atoms with Crippen LogP contribution in [-0.4, -0.2) is 31.6 Å². The first-order valence-electron chi connectivity index (χ1n) is 7.55. The quantitative estimate of drug-likeness (QED) is 0.541. The summed E-state index contributed by atoms with van der Waals surface area (Å²) in [6, 6.07) is 10.7. The maximum atomic E-state index is 12.4. The molecule has 1 heterocycles. The lowest BCUT2D eigenvalue weighted by Crippen LogP contribution is -2.12.